The van der Waals surface area contributed by atoms with Gasteiger partial charge in [-0.3, -0.25) is 13.9 Å². The zero-order valence-electron chi connectivity index (χ0n) is 19.4. The fourth-order valence-corrected chi connectivity index (χ4v) is 4.03. The number of nitrogens with one attached hydrogen (secondary N) is 1. The van der Waals surface area contributed by atoms with E-state index in [4.69, 9.17) is 4.74 Å². The van der Waals surface area contributed by atoms with Crippen molar-refractivity contribution >= 4 is 27.5 Å². The van der Waals surface area contributed by atoms with Crippen LogP contribution in [0.1, 0.15) is 26.3 Å². The van der Waals surface area contributed by atoms with Crippen molar-refractivity contribution in [3.8, 4) is 5.75 Å². The van der Waals surface area contributed by atoms with Gasteiger partial charge >= 0.3 is 0 Å². The third kappa shape index (κ3) is 7.45. The van der Waals surface area contributed by atoms with Crippen LogP contribution in [0, 0.1) is 5.82 Å². The zero-order valence-corrected chi connectivity index (χ0v) is 20.2. The van der Waals surface area contributed by atoms with Gasteiger partial charge in [-0.05, 0) is 62.7 Å². The van der Waals surface area contributed by atoms with Crippen LogP contribution in [0.3, 0.4) is 0 Å². The van der Waals surface area contributed by atoms with Gasteiger partial charge in [0.25, 0.3) is 0 Å². The van der Waals surface area contributed by atoms with E-state index in [0.717, 1.165) is 22.7 Å². The molecule has 0 aliphatic heterocycles. The van der Waals surface area contributed by atoms with E-state index in [1.54, 1.807) is 45.0 Å². The fourth-order valence-electron chi connectivity index (χ4n) is 3.18. The SMILES string of the molecule is COc1cccc(CN(C(=O)CN(c2ccc(F)cc2)S(C)(=O)=O)[C@@H](C)C(=O)NC(C)C)c1. The van der Waals surface area contributed by atoms with Gasteiger partial charge in [-0.25, -0.2) is 12.8 Å². The lowest BCUT2D eigenvalue weighted by molar-refractivity contribution is -0.139. The van der Waals surface area contributed by atoms with Crippen molar-refractivity contribution in [3.05, 3.63) is 59.9 Å². The van der Waals surface area contributed by atoms with E-state index < -0.39 is 34.3 Å². The Hall–Kier alpha value is -3.14. The van der Waals surface area contributed by atoms with Crippen molar-refractivity contribution in [1.29, 1.82) is 0 Å². The molecule has 2 aromatic carbocycles. The van der Waals surface area contributed by atoms with Crippen LogP contribution in [-0.2, 0) is 26.2 Å². The predicted octanol–water partition coefficient (Wildman–Crippen LogP) is 2.54. The van der Waals surface area contributed by atoms with Crippen molar-refractivity contribution in [2.24, 2.45) is 0 Å². The van der Waals surface area contributed by atoms with Crippen molar-refractivity contribution in [2.75, 3.05) is 24.2 Å². The molecule has 2 rings (SSSR count). The number of sulfonamides is 1. The summed E-state index contributed by atoms with van der Waals surface area (Å²) in [5, 5.41) is 2.78. The molecule has 1 atom stereocenters. The predicted molar refractivity (Wildman–Crippen MR) is 125 cm³/mol. The number of ether oxygens (including phenoxy) is 1. The lowest BCUT2D eigenvalue weighted by Crippen LogP contribution is -2.52. The van der Waals surface area contributed by atoms with Crippen LogP contribution < -0.4 is 14.4 Å². The third-order valence-corrected chi connectivity index (χ3v) is 6.02. The summed E-state index contributed by atoms with van der Waals surface area (Å²) >= 11 is 0. The number of benzene rings is 2. The number of anilines is 1. The van der Waals surface area contributed by atoms with Crippen LogP contribution >= 0.6 is 0 Å². The quantitative estimate of drug-likeness (QED) is 0.565. The highest BCUT2D eigenvalue weighted by Crippen LogP contribution is 2.20. The molecule has 33 heavy (non-hydrogen) atoms. The van der Waals surface area contributed by atoms with Gasteiger partial charge in [0.15, 0.2) is 0 Å². The summed E-state index contributed by atoms with van der Waals surface area (Å²) < 4.78 is 44.3. The molecule has 0 aliphatic rings. The number of carbonyl (C=O) groups excluding carboxylic acids is 2. The van der Waals surface area contributed by atoms with Gasteiger partial charge in [0.2, 0.25) is 21.8 Å². The first kappa shape index (κ1) is 26.1. The first-order valence-electron chi connectivity index (χ1n) is 10.4. The number of hydrogen-bond donors (Lipinski definition) is 1. The molecular formula is C23H30FN3O5S. The second-order valence-corrected chi connectivity index (χ2v) is 9.87. The molecule has 0 aliphatic carbocycles. The summed E-state index contributed by atoms with van der Waals surface area (Å²) in [5.74, 6) is -0.895. The smallest absolute Gasteiger partial charge is 0.244 e. The van der Waals surface area contributed by atoms with E-state index in [9.17, 15) is 22.4 Å². The highest BCUT2D eigenvalue weighted by Gasteiger charge is 2.30. The molecule has 8 nitrogen and oxygen atoms in total. The lowest BCUT2D eigenvalue weighted by atomic mass is 10.1. The van der Waals surface area contributed by atoms with Crippen molar-refractivity contribution in [1.82, 2.24) is 10.2 Å². The molecule has 2 aromatic rings. The molecule has 180 valence electrons. The van der Waals surface area contributed by atoms with Crippen LogP contribution in [0.5, 0.6) is 5.75 Å². The molecule has 1 N–H and O–H groups in total. The number of halogens is 1. The van der Waals surface area contributed by atoms with Crippen LogP contribution in [0.2, 0.25) is 0 Å². The average Bonchev–Trinajstić information content (AvgIpc) is 2.74. The molecule has 0 bridgehead atoms. The summed E-state index contributed by atoms with van der Waals surface area (Å²) in [6, 6.07) is 10.8. The molecule has 0 fully saturated rings. The molecule has 0 radical (unpaired) electrons. The third-order valence-electron chi connectivity index (χ3n) is 4.88. The molecule has 0 aromatic heterocycles. The Bertz CT molecular complexity index is 1070. The molecular weight excluding hydrogens is 449 g/mol. The number of carbonyl (C=O) groups is 2. The number of rotatable bonds is 10. The largest absolute Gasteiger partial charge is 0.497 e. The van der Waals surface area contributed by atoms with E-state index in [1.165, 1.54) is 24.1 Å². The Morgan fingerprint density at radius 3 is 2.27 bits per heavy atom. The maximum absolute atomic E-state index is 13.4. The van der Waals surface area contributed by atoms with E-state index in [0.29, 0.717) is 11.3 Å². The molecule has 0 heterocycles. The van der Waals surface area contributed by atoms with E-state index >= 15 is 0 Å². The molecule has 0 spiro atoms. The second-order valence-electron chi connectivity index (χ2n) is 7.96. The van der Waals surface area contributed by atoms with Crippen LogP contribution in [-0.4, -0.2) is 57.1 Å². The summed E-state index contributed by atoms with van der Waals surface area (Å²) in [6.07, 6.45) is 0.963. The Balaban J connectivity index is 2.39. The van der Waals surface area contributed by atoms with Gasteiger partial charge in [-0.2, -0.15) is 0 Å². The molecule has 0 saturated carbocycles. The van der Waals surface area contributed by atoms with Gasteiger partial charge in [0.1, 0.15) is 24.2 Å². The van der Waals surface area contributed by atoms with Crippen molar-refractivity contribution in [3.63, 3.8) is 0 Å². The minimum absolute atomic E-state index is 0.0593. The van der Waals surface area contributed by atoms with Crippen LogP contribution in [0.15, 0.2) is 48.5 Å². The highest BCUT2D eigenvalue weighted by molar-refractivity contribution is 7.92. The Morgan fingerprint density at radius 1 is 1.09 bits per heavy atom. The number of amides is 2. The number of hydrogen-bond acceptors (Lipinski definition) is 5. The maximum Gasteiger partial charge on any atom is 0.244 e. The van der Waals surface area contributed by atoms with E-state index in [1.807, 2.05) is 0 Å². The molecule has 0 saturated heterocycles. The number of methoxy groups -OCH3 is 1. The van der Waals surface area contributed by atoms with Gasteiger partial charge in [0.05, 0.1) is 19.1 Å². The van der Waals surface area contributed by atoms with Gasteiger partial charge in [0, 0.05) is 12.6 Å². The summed E-state index contributed by atoms with van der Waals surface area (Å²) in [7, 11) is -2.34. The topological polar surface area (TPSA) is 96.0 Å². The fraction of sp³-hybridized carbons (Fsp3) is 0.391. The Morgan fingerprint density at radius 2 is 1.73 bits per heavy atom. The van der Waals surface area contributed by atoms with E-state index in [-0.39, 0.29) is 24.2 Å². The van der Waals surface area contributed by atoms with Gasteiger partial charge in [-0.15, -0.1) is 0 Å². The Kier molecular flexibility index (Phi) is 8.81. The molecule has 0 unspecified atom stereocenters. The number of nitrogens with zero attached hydrogens (tertiary/aromatic N) is 2. The minimum atomic E-state index is -3.87. The van der Waals surface area contributed by atoms with Crippen LogP contribution in [0.4, 0.5) is 10.1 Å². The normalized spacial score (nSPS) is 12.2. The second kappa shape index (κ2) is 11.1. The lowest BCUT2D eigenvalue weighted by Gasteiger charge is -2.32. The minimum Gasteiger partial charge on any atom is -0.497 e. The van der Waals surface area contributed by atoms with Crippen LogP contribution in [0.25, 0.3) is 0 Å². The average molecular weight is 480 g/mol. The standard InChI is InChI=1S/C23H30FN3O5S/c1-16(2)25-23(29)17(3)26(14-18-7-6-8-21(13-18)32-4)22(28)15-27(33(5,30)31)20-11-9-19(24)10-12-20/h6-13,16-17H,14-15H2,1-5H3,(H,25,29)/t17-/m0/s1. The van der Waals surface area contributed by atoms with Gasteiger partial charge in [-0.1, -0.05) is 12.1 Å². The highest BCUT2D eigenvalue weighted by atomic mass is 32.2. The van der Waals surface area contributed by atoms with E-state index in [2.05, 4.69) is 5.32 Å². The maximum atomic E-state index is 13.4. The summed E-state index contributed by atoms with van der Waals surface area (Å²) in [4.78, 5) is 27.4. The first-order chi connectivity index (χ1) is 15.4. The summed E-state index contributed by atoms with van der Waals surface area (Å²) in [5.41, 5.74) is 0.854. The zero-order chi connectivity index (χ0) is 24.8. The molecule has 2 amide bonds. The molecule has 10 heteroatoms. The first-order valence-corrected chi connectivity index (χ1v) is 12.2. The Labute approximate surface area is 194 Å². The van der Waals surface area contributed by atoms with Gasteiger partial charge < -0.3 is 15.0 Å². The monoisotopic (exact) mass is 479 g/mol. The van der Waals surface area contributed by atoms with Crippen molar-refractivity contribution in [2.45, 2.75) is 39.4 Å². The van der Waals surface area contributed by atoms with Crippen molar-refractivity contribution < 1.29 is 27.1 Å². The summed E-state index contributed by atoms with van der Waals surface area (Å²) in [6.45, 7) is 4.70.